The van der Waals surface area contributed by atoms with Gasteiger partial charge in [0, 0.05) is 12.4 Å². The first kappa shape index (κ1) is 14.1. The third-order valence-corrected chi connectivity index (χ3v) is 3.34. The molecule has 0 unspecified atom stereocenters. The van der Waals surface area contributed by atoms with Gasteiger partial charge in [-0.25, -0.2) is 4.98 Å². The minimum atomic E-state index is -0.898. The van der Waals surface area contributed by atoms with Crippen LogP contribution in [0.5, 0.6) is 5.75 Å². The number of aryl methyl sites for hydroxylation is 1. The summed E-state index contributed by atoms with van der Waals surface area (Å²) < 4.78 is 7.61. The van der Waals surface area contributed by atoms with Crippen molar-refractivity contribution in [3.63, 3.8) is 0 Å². The fourth-order valence-electron chi connectivity index (χ4n) is 2.24. The van der Waals surface area contributed by atoms with Gasteiger partial charge in [0.2, 0.25) is 0 Å². The highest BCUT2D eigenvalue weighted by atomic mass is 16.5. The summed E-state index contributed by atoms with van der Waals surface area (Å²) in [5.74, 6) is -0.259. The van der Waals surface area contributed by atoms with Crippen LogP contribution in [0, 0.1) is 6.92 Å². The Morgan fingerprint density at radius 3 is 2.77 bits per heavy atom. The van der Waals surface area contributed by atoms with E-state index in [1.165, 1.54) is 5.56 Å². The number of hydrogen-bond donors (Lipinski definition) is 1. The van der Waals surface area contributed by atoms with Crippen molar-refractivity contribution in [3.8, 4) is 5.75 Å². The van der Waals surface area contributed by atoms with E-state index >= 15 is 0 Å². The van der Waals surface area contributed by atoms with E-state index in [4.69, 9.17) is 9.84 Å². The lowest BCUT2D eigenvalue weighted by atomic mass is 10.2. The number of nitrogens with zero attached hydrogens (tertiary/aromatic N) is 2. The predicted molar refractivity (Wildman–Crippen MR) is 82.0 cm³/mol. The molecule has 22 heavy (non-hydrogen) atoms. The van der Waals surface area contributed by atoms with Crippen LogP contribution in [0.15, 0.2) is 48.8 Å². The number of pyridine rings is 1. The number of benzene rings is 1. The Hall–Kier alpha value is -2.82. The Kier molecular flexibility index (Phi) is 3.78. The molecule has 2 aromatic heterocycles. The number of aromatic nitrogens is 2. The maximum absolute atomic E-state index is 10.8. The molecule has 0 radical (unpaired) electrons. The number of carbonyl (C=O) groups is 1. The number of ether oxygens (including phenoxy) is 1. The number of carboxylic acid groups (broad SMARTS) is 1. The maximum Gasteiger partial charge on any atom is 0.309 e. The lowest BCUT2D eigenvalue weighted by Gasteiger charge is -2.07. The molecular formula is C17H16N2O3. The summed E-state index contributed by atoms with van der Waals surface area (Å²) >= 11 is 0. The van der Waals surface area contributed by atoms with E-state index in [1.807, 2.05) is 49.5 Å². The maximum atomic E-state index is 10.8. The van der Waals surface area contributed by atoms with Gasteiger partial charge in [-0.1, -0.05) is 29.8 Å². The summed E-state index contributed by atoms with van der Waals surface area (Å²) in [6, 6.07) is 11.8. The van der Waals surface area contributed by atoms with Crippen molar-refractivity contribution in [2.45, 2.75) is 20.0 Å². The Labute approximate surface area is 127 Å². The van der Waals surface area contributed by atoms with Gasteiger partial charge >= 0.3 is 5.97 Å². The van der Waals surface area contributed by atoms with Gasteiger partial charge in [0.1, 0.15) is 6.61 Å². The molecule has 112 valence electrons. The largest absolute Gasteiger partial charge is 0.485 e. The molecule has 0 saturated heterocycles. The van der Waals surface area contributed by atoms with Crippen LogP contribution in [0.4, 0.5) is 0 Å². The minimum Gasteiger partial charge on any atom is -0.485 e. The Bertz CT molecular complexity index is 806. The molecule has 0 aliphatic heterocycles. The van der Waals surface area contributed by atoms with Gasteiger partial charge in [0.25, 0.3) is 0 Å². The smallest absolute Gasteiger partial charge is 0.309 e. The molecule has 0 amide bonds. The molecule has 0 fully saturated rings. The van der Waals surface area contributed by atoms with Crippen LogP contribution in [-0.2, 0) is 17.8 Å². The van der Waals surface area contributed by atoms with Gasteiger partial charge in [-0.2, -0.15) is 0 Å². The molecular weight excluding hydrogens is 280 g/mol. The molecule has 0 aliphatic rings. The molecule has 1 N–H and O–H groups in total. The number of carboxylic acids is 1. The topological polar surface area (TPSA) is 63.8 Å². The second-order valence-corrected chi connectivity index (χ2v) is 5.18. The Morgan fingerprint density at radius 2 is 2.05 bits per heavy atom. The van der Waals surface area contributed by atoms with Gasteiger partial charge in [-0.15, -0.1) is 0 Å². The van der Waals surface area contributed by atoms with Crippen molar-refractivity contribution in [2.75, 3.05) is 0 Å². The molecule has 5 heteroatoms. The van der Waals surface area contributed by atoms with E-state index in [0.717, 1.165) is 5.56 Å². The summed E-state index contributed by atoms with van der Waals surface area (Å²) in [6.45, 7) is 2.49. The first-order valence-corrected chi connectivity index (χ1v) is 6.98. The first-order chi connectivity index (χ1) is 10.6. The van der Waals surface area contributed by atoms with Crippen molar-refractivity contribution in [1.82, 2.24) is 9.38 Å². The zero-order valence-electron chi connectivity index (χ0n) is 12.2. The molecule has 3 aromatic rings. The van der Waals surface area contributed by atoms with Gasteiger partial charge < -0.3 is 14.2 Å². The van der Waals surface area contributed by atoms with E-state index in [0.29, 0.717) is 23.7 Å². The molecule has 0 spiro atoms. The minimum absolute atomic E-state index is 0.0981. The van der Waals surface area contributed by atoms with E-state index < -0.39 is 5.97 Å². The summed E-state index contributed by atoms with van der Waals surface area (Å²) in [7, 11) is 0. The fraction of sp³-hybridized carbons (Fsp3) is 0.176. The molecule has 0 aliphatic carbocycles. The van der Waals surface area contributed by atoms with Crippen LogP contribution in [-0.4, -0.2) is 20.5 Å². The van der Waals surface area contributed by atoms with Crippen molar-refractivity contribution in [1.29, 1.82) is 0 Å². The highest BCUT2D eigenvalue weighted by Gasteiger charge is 2.10. The average Bonchev–Trinajstić information content (AvgIpc) is 2.88. The lowest BCUT2D eigenvalue weighted by molar-refractivity contribution is -0.136. The van der Waals surface area contributed by atoms with Crippen LogP contribution in [0.1, 0.15) is 16.8 Å². The van der Waals surface area contributed by atoms with Crippen LogP contribution in [0.3, 0.4) is 0 Å². The Balaban J connectivity index is 1.82. The molecule has 0 atom stereocenters. The van der Waals surface area contributed by atoms with E-state index in [-0.39, 0.29) is 6.42 Å². The monoisotopic (exact) mass is 296 g/mol. The lowest BCUT2D eigenvalue weighted by Crippen LogP contribution is -2.00. The zero-order chi connectivity index (χ0) is 15.5. The number of fused-ring (bicyclic) bond motifs is 1. The molecule has 1 aromatic carbocycles. The highest BCUT2D eigenvalue weighted by molar-refractivity contribution is 5.70. The molecule has 2 heterocycles. The first-order valence-electron chi connectivity index (χ1n) is 6.98. The summed E-state index contributed by atoms with van der Waals surface area (Å²) in [5, 5.41) is 8.86. The van der Waals surface area contributed by atoms with Gasteiger partial charge in [0.15, 0.2) is 11.4 Å². The number of rotatable bonds is 5. The molecule has 0 bridgehead atoms. The standard InChI is InChI=1S/C17H16N2O3/c1-12-4-6-13(7-5-12)11-22-15-3-2-8-19-10-14(9-16(20)21)18-17(15)19/h2-8,10H,9,11H2,1H3,(H,20,21). The van der Waals surface area contributed by atoms with E-state index in [2.05, 4.69) is 4.98 Å². The third kappa shape index (κ3) is 3.09. The van der Waals surface area contributed by atoms with Gasteiger partial charge in [0.05, 0.1) is 12.1 Å². The van der Waals surface area contributed by atoms with Crippen LogP contribution < -0.4 is 4.74 Å². The fourth-order valence-corrected chi connectivity index (χ4v) is 2.24. The van der Waals surface area contributed by atoms with Gasteiger partial charge in [-0.05, 0) is 24.6 Å². The van der Waals surface area contributed by atoms with Crippen LogP contribution >= 0.6 is 0 Å². The normalized spacial score (nSPS) is 10.8. The van der Waals surface area contributed by atoms with Crippen molar-refractivity contribution in [2.24, 2.45) is 0 Å². The van der Waals surface area contributed by atoms with Gasteiger partial charge in [-0.3, -0.25) is 4.79 Å². The van der Waals surface area contributed by atoms with Crippen LogP contribution in [0.2, 0.25) is 0 Å². The summed E-state index contributed by atoms with van der Waals surface area (Å²) in [4.78, 5) is 15.1. The number of hydrogen-bond acceptors (Lipinski definition) is 3. The SMILES string of the molecule is Cc1ccc(COc2cccn3cc(CC(=O)O)nc23)cc1. The quantitative estimate of drug-likeness (QED) is 0.786. The second kappa shape index (κ2) is 5.89. The van der Waals surface area contributed by atoms with E-state index in [9.17, 15) is 4.79 Å². The summed E-state index contributed by atoms with van der Waals surface area (Å²) in [6.07, 6.45) is 3.44. The molecule has 5 nitrogen and oxygen atoms in total. The predicted octanol–water partition coefficient (Wildman–Crippen LogP) is 2.85. The highest BCUT2D eigenvalue weighted by Crippen LogP contribution is 2.20. The van der Waals surface area contributed by atoms with E-state index in [1.54, 1.807) is 10.6 Å². The second-order valence-electron chi connectivity index (χ2n) is 5.18. The van der Waals surface area contributed by atoms with Crippen molar-refractivity contribution < 1.29 is 14.6 Å². The average molecular weight is 296 g/mol. The molecule has 3 rings (SSSR count). The zero-order valence-corrected chi connectivity index (χ0v) is 12.2. The van der Waals surface area contributed by atoms with Crippen LogP contribution in [0.25, 0.3) is 5.65 Å². The molecule has 0 saturated carbocycles. The summed E-state index contributed by atoms with van der Waals surface area (Å²) in [5.41, 5.74) is 3.42. The van der Waals surface area contributed by atoms with Crippen molar-refractivity contribution >= 4 is 11.6 Å². The van der Waals surface area contributed by atoms with Crippen molar-refractivity contribution in [3.05, 3.63) is 65.6 Å². The number of imidazole rings is 1. The Morgan fingerprint density at radius 1 is 1.27 bits per heavy atom. The third-order valence-electron chi connectivity index (χ3n) is 3.34. The number of aliphatic carboxylic acids is 1.